The molecule has 2 fully saturated rings. The molecule has 2 atom stereocenters. The van der Waals surface area contributed by atoms with E-state index in [2.05, 4.69) is 5.32 Å². The molecule has 178 valence electrons. The highest BCUT2D eigenvalue weighted by atomic mass is 32.2. The summed E-state index contributed by atoms with van der Waals surface area (Å²) in [5.74, 6) is -0.546. The molecule has 0 aliphatic carbocycles. The molecule has 0 spiro atoms. The van der Waals surface area contributed by atoms with Crippen molar-refractivity contribution in [3.8, 4) is 0 Å². The van der Waals surface area contributed by atoms with Crippen molar-refractivity contribution in [2.75, 3.05) is 13.2 Å². The quantitative estimate of drug-likeness (QED) is 0.676. The van der Waals surface area contributed by atoms with Crippen LogP contribution in [-0.2, 0) is 26.8 Å². The van der Waals surface area contributed by atoms with E-state index in [0.717, 1.165) is 5.56 Å². The van der Waals surface area contributed by atoms with E-state index in [0.29, 0.717) is 44.5 Å². The number of rotatable bonds is 5. The van der Waals surface area contributed by atoms with Gasteiger partial charge in [0.15, 0.2) is 0 Å². The molecule has 2 aromatic carbocycles. The summed E-state index contributed by atoms with van der Waals surface area (Å²) < 4.78 is 48.9. The van der Waals surface area contributed by atoms with Crippen molar-refractivity contribution in [1.82, 2.24) is 9.62 Å². The first-order chi connectivity index (χ1) is 15.7. The summed E-state index contributed by atoms with van der Waals surface area (Å²) in [7, 11) is -3.68. The maximum Gasteiger partial charge on any atom is 0.405 e. The third-order valence-corrected chi connectivity index (χ3v) is 9.19. The van der Waals surface area contributed by atoms with E-state index in [9.17, 15) is 18.3 Å². The van der Waals surface area contributed by atoms with E-state index in [1.807, 2.05) is 37.3 Å². The molecule has 2 N–H and O–H groups in total. The van der Waals surface area contributed by atoms with E-state index < -0.39 is 32.7 Å². The van der Waals surface area contributed by atoms with Crippen LogP contribution >= 0.6 is 0 Å². The molecule has 2 aromatic rings. The lowest BCUT2D eigenvalue weighted by molar-refractivity contribution is 0.0372. The number of nitrogens with zero attached hydrogens (tertiary/aromatic N) is 1. The Morgan fingerprint density at radius 1 is 1.18 bits per heavy atom. The minimum absolute atomic E-state index is 0.0680. The van der Waals surface area contributed by atoms with Gasteiger partial charge in [-0.15, -0.1) is 0 Å². The van der Waals surface area contributed by atoms with Gasteiger partial charge < -0.3 is 15.2 Å². The number of carbonyl (C=O) groups is 1. The number of carboxylic acid groups (broad SMARTS) is 1. The topological polar surface area (TPSA) is 95.9 Å². The second-order valence-electron chi connectivity index (χ2n) is 8.85. The largest absolute Gasteiger partial charge is 0.465 e. The normalized spacial score (nSPS) is 24.8. The zero-order valence-electron chi connectivity index (χ0n) is 18.5. The van der Waals surface area contributed by atoms with Gasteiger partial charge in [-0.25, -0.2) is 17.6 Å². The van der Waals surface area contributed by atoms with Gasteiger partial charge in [-0.1, -0.05) is 42.5 Å². The van der Waals surface area contributed by atoms with Crippen LogP contribution in [0.4, 0.5) is 9.18 Å². The molecule has 9 heteroatoms. The second-order valence-corrected chi connectivity index (χ2v) is 10.9. The zero-order chi connectivity index (χ0) is 23.6. The predicted octanol–water partition coefficient (Wildman–Crippen LogP) is 4.15. The molecule has 1 amide bonds. The Morgan fingerprint density at radius 2 is 1.88 bits per heavy atom. The SMILES string of the molecule is CC1CCC(c2ccccc2)S(=O)(=O)N1Cc1ccc(C2(NC(=O)O)CCOCC2)cc1F. The van der Waals surface area contributed by atoms with Gasteiger partial charge in [0.05, 0.1) is 5.54 Å². The Balaban J connectivity index is 1.61. The highest BCUT2D eigenvalue weighted by Crippen LogP contribution is 2.39. The van der Waals surface area contributed by atoms with Gasteiger partial charge in [0.1, 0.15) is 11.1 Å². The summed E-state index contributed by atoms with van der Waals surface area (Å²) in [4.78, 5) is 11.4. The molecule has 0 bridgehead atoms. The third-order valence-electron chi connectivity index (χ3n) is 6.82. The van der Waals surface area contributed by atoms with Gasteiger partial charge in [-0.05, 0) is 49.8 Å². The lowest BCUT2D eigenvalue weighted by Gasteiger charge is -2.38. The molecule has 0 radical (unpaired) electrons. The Kier molecular flexibility index (Phi) is 6.74. The van der Waals surface area contributed by atoms with E-state index >= 15 is 4.39 Å². The number of nitrogens with one attached hydrogen (secondary N) is 1. The number of amides is 1. The van der Waals surface area contributed by atoms with Crippen LogP contribution in [0, 0.1) is 5.82 Å². The fourth-order valence-corrected chi connectivity index (χ4v) is 7.09. The Hall–Kier alpha value is -2.49. The van der Waals surface area contributed by atoms with Crippen molar-refractivity contribution in [2.24, 2.45) is 0 Å². The summed E-state index contributed by atoms with van der Waals surface area (Å²) in [6, 6.07) is 13.5. The first-order valence-corrected chi connectivity index (χ1v) is 12.7. The van der Waals surface area contributed by atoms with Crippen LogP contribution in [0.1, 0.15) is 54.5 Å². The van der Waals surface area contributed by atoms with Crippen molar-refractivity contribution in [2.45, 2.75) is 56.0 Å². The van der Waals surface area contributed by atoms with Crippen molar-refractivity contribution in [1.29, 1.82) is 0 Å². The van der Waals surface area contributed by atoms with Crippen molar-refractivity contribution < 1.29 is 27.4 Å². The molecule has 2 aliphatic rings. The maximum absolute atomic E-state index is 15.2. The van der Waals surface area contributed by atoms with E-state index in [1.54, 1.807) is 12.1 Å². The number of halogens is 1. The van der Waals surface area contributed by atoms with Crippen LogP contribution in [-0.4, -0.2) is 43.2 Å². The molecular weight excluding hydrogens is 447 g/mol. The molecule has 33 heavy (non-hydrogen) atoms. The second kappa shape index (κ2) is 9.40. The third kappa shape index (κ3) is 4.76. The van der Waals surface area contributed by atoms with Crippen LogP contribution in [0.15, 0.2) is 48.5 Å². The zero-order valence-corrected chi connectivity index (χ0v) is 19.4. The average molecular weight is 477 g/mol. The number of benzene rings is 2. The molecule has 2 saturated heterocycles. The Bertz CT molecular complexity index is 1100. The minimum Gasteiger partial charge on any atom is -0.465 e. The molecule has 7 nitrogen and oxygen atoms in total. The standard InChI is InChI=1S/C24H29FN2O5S/c1-17-7-10-22(18-5-3-2-4-6-18)33(30,31)27(17)16-19-8-9-20(15-21(19)25)24(26-23(28)29)11-13-32-14-12-24/h2-6,8-9,15,17,22,26H,7,10-14,16H2,1H3,(H,28,29). The van der Waals surface area contributed by atoms with Gasteiger partial charge in [0.25, 0.3) is 0 Å². The highest BCUT2D eigenvalue weighted by Gasteiger charge is 2.41. The number of hydrogen-bond acceptors (Lipinski definition) is 4. The van der Waals surface area contributed by atoms with Gasteiger partial charge in [-0.2, -0.15) is 4.31 Å². The Labute approximate surface area is 193 Å². The summed E-state index contributed by atoms with van der Waals surface area (Å²) in [6.45, 7) is 2.52. The van der Waals surface area contributed by atoms with Crippen LogP contribution in [0.5, 0.6) is 0 Å². The van der Waals surface area contributed by atoms with Crippen molar-refractivity contribution >= 4 is 16.1 Å². The number of ether oxygens (including phenoxy) is 1. The molecule has 2 aliphatic heterocycles. The molecule has 2 unspecified atom stereocenters. The van der Waals surface area contributed by atoms with E-state index in [4.69, 9.17) is 4.74 Å². The minimum atomic E-state index is -3.68. The molecule has 0 aromatic heterocycles. The van der Waals surface area contributed by atoms with Gasteiger partial charge >= 0.3 is 6.09 Å². The monoisotopic (exact) mass is 476 g/mol. The van der Waals surface area contributed by atoms with Crippen LogP contribution in [0.3, 0.4) is 0 Å². The highest BCUT2D eigenvalue weighted by molar-refractivity contribution is 7.89. The molecule has 4 rings (SSSR count). The fourth-order valence-electron chi connectivity index (χ4n) is 4.90. The van der Waals surface area contributed by atoms with Gasteiger partial charge in [0.2, 0.25) is 10.0 Å². The Morgan fingerprint density at radius 3 is 2.52 bits per heavy atom. The summed E-state index contributed by atoms with van der Waals surface area (Å²) in [5, 5.41) is 11.2. The van der Waals surface area contributed by atoms with Crippen LogP contribution in [0.2, 0.25) is 0 Å². The van der Waals surface area contributed by atoms with Crippen LogP contribution in [0.25, 0.3) is 0 Å². The van der Waals surface area contributed by atoms with Gasteiger partial charge in [-0.3, -0.25) is 0 Å². The number of sulfonamides is 1. The summed E-state index contributed by atoms with van der Waals surface area (Å²) in [5.41, 5.74) is 0.602. The molecule has 2 heterocycles. The average Bonchev–Trinajstić information content (AvgIpc) is 2.78. The maximum atomic E-state index is 15.2. The first kappa shape index (κ1) is 23.7. The van der Waals surface area contributed by atoms with Crippen molar-refractivity contribution in [3.05, 3.63) is 71.0 Å². The molecule has 0 saturated carbocycles. The predicted molar refractivity (Wildman–Crippen MR) is 122 cm³/mol. The van der Waals surface area contributed by atoms with E-state index in [-0.39, 0.29) is 18.2 Å². The van der Waals surface area contributed by atoms with Gasteiger partial charge in [0, 0.05) is 31.4 Å². The molecular formula is C24H29FN2O5S. The first-order valence-electron chi connectivity index (χ1n) is 11.2. The van der Waals surface area contributed by atoms with Crippen LogP contribution < -0.4 is 5.32 Å². The lowest BCUT2D eigenvalue weighted by Crippen LogP contribution is -2.49. The lowest BCUT2D eigenvalue weighted by atomic mass is 9.82. The smallest absolute Gasteiger partial charge is 0.405 e. The van der Waals surface area contributed by atoms with E-state index in [1.165, 1.54) is 10.4 Å². The summed E-state index contributed by atoms with van der Waals surface area (Å²) in [6.07, 6.45) is 0.825. The fraction of sp³-hybridized carbons (Fsp3) is 0.458. The number of hydrogen-bond donors (Lipinski definition) is 2. The summed E-state index contributed by atoms with van der Waals surface area (Å²) >= 11 is 0. The van der Waals surface area contributed by atoms with Crippen molar-refractivity contribution in [3.63, 3.8) is 0 Å².